The molecule has 1 unspecified atom stereocenters. The summed E-state index contributed by atoms with van der Waals surface area (Å²) in [5.41, 5.74) is 6.38. The number of carbonyl (C=O) groups is 1. The summed E-state index contributed by atoms with van der Waals surface area (Å²) in [6.07, 6.45) is 0.920. The third kappa shape index (κ3) is 3.75. The van der Waals surface area contributed by atoms with Crippen molar-refractivity contribution in [3.8, 4) is 11.8 Å². The van der Waals surface area contributed by atoms with Gasteiger partial charge in [-0.25, -0.2) is 0 Å². The number of ether oxygens (including phenoxy) is 1. The standard InChI is InChI=1S/C13H17N3O2/c1-9(15)6-7-12(17)16-13-10(8-14)4-3-5-11(13)18-2/h3-5,9H,6-7,15H2,1-2H3,(H,16,17). The molecule has 0 radical (unpaired) electrons. The molecular weight excluding hydrogens is 230 g/mol. The second kappa shape index (κ2) is 6.62. The predicted molar refractivity (Wildman–Crippen MR) is 69.2 cm³/mol. The Hall–Kier alpha value is -2.06. The van der Waals surface area contributed by atoms with Gasteiger partial charge in [-0.1, -0.05) is 6.07 Å². The number of nitrogens with one attached hydrogen (secondary N) is 1. The van der Waals surface area contributed by atoms with Crippen LogP contribution in [0.4, 0.5) is 5.69 Å². The number of methoxy groups -OCH3 is 1. The third-order valence-electron chi connectivity index (χ3n) is 2.46. The molecule has 0 aromatic heterocycles. The van der Waals surface area contributed by atoms with Crippen molar-refractivity contribution < 1.29 is 9.53 Å². The molecule has 1 aromatic rings. The van der Waals surface area contributed by atoms with Crippen LogP contribution >= 0.6 is 0 Å². The zero-order valence-electron chi connectivity index (χ0n) is 10.6. The Morgan fingerprint density at radius 1 is 1.61 bits per heavy atom. The summed E-state index contributed by atoms with van der Waals surface area (Å²) in [6, 6.07) is 7.03. The van der Waals surface area contributed by atoms with Gasteiger partial charge in [0.15, 0.2) is 0 Å². The van der Waals surface area contributed by atoms with Gasteiger partial charge in [0.2, 0.25) is 5.91 Å². The fourth-order valence-electron chi connectivity index (χ4n) is 1.48. The van der Waals surface area contributed by atoms with Gasteiger partial charge in [-0.3, -0.25) is 4.79 Å². The molecule has 1 aromatic carbocycles. The maximum atomic E-state index is 11.7. The first kappa shape index (κ1) is 14.0. The van der Waals surface area contributed by atoms with Crippen molar-refractivity contribution in [2.75, 3.05) is 12.4 Å². The van der Waals surface area contributed by atoms with E-state index in [1.165, 1.54) is 7.11 Å². The third-order valence-corrected chi connectivity index (χ3v) is 2.46. The van der Waals surface area contributed by atoms with Crippen molar-refractivity contribution in [1.82, 2.24) is 0 Å². The van der Waals surface area contributed by atoms with Crippen LogP contribution in [0.15, 0.2) is 18.2 Å². The molecule has 0 saturated carbocycles. The minimum atomic E-state index is -0.173. The van der Waals surface area contributed by atoms with Crippen molar-refractivity contribution in [3.05, 3.63) is 23.8 Å². The second-order valence-corrected chi connectivity index (χ2v) is 4.06. The van der Waals surface area contributed by atoms with E-state index in [4.69, 9.17) is 15.7 Å². The van der Waals surface area contributed by atoms with E-state index in [9.17, 15) is 4.79 Å². The molecule has 1 atom stereocenters. The Labute approximate surface area is 107 Å². The van der Waals surface area contributed by atoms with Gasteiger partial charge in [0.1, 0.15) is 17.5 Å². The molecule has 0 aliphatic carbocycles. The van der Waals surface area contributed by atoms with Crippen molar-refractivity contribution >= 4 is 11.6 Å². The molecule has 0 aliphatic heterocycles. The number of nitrogens with zero attached hydrogens (tertiary/aromatic N) is 1. The van der Waals surface area contributed by atoms with Gasteiger partial charge in [0, 0.05) is 12.5 Å². The molecule has 0 heterocycles. The first-order valence-electron chi connectivity index (χ1n) is 5.71. The molecule has 0 saturated heterocycles. The van der Waals surface area contributed by atoms with Gasteiger partial charge in [0.25, 0.3) is 0 Å². The lowest BCUT2D eigenvalue weighted by Gasteiger charge is -2.12. The first-order chi connectivity index (χ1) is 8.58. The van der Waals surface area contributed by atoms with Crippen LogP contribution in [0.25, 0.3) is 0 Å². The van der Waals surface area contributed by atoms with Crippen molar-refractivity contribution in [2.24, 2.45) is 5.73 Å². The largest absolute Gasteiger partial charge is 0.495 e. The number of benzene rings is 1. The lowest BCUT2D eigenvalue weighted by Crippen LogP contribution is -2.20. The van der Waals surface area contributed by atoms with Crippen LogP contribution in [0.2, 0.25) is 0 Å². The fourth-order valence-corrected chi connectivity index (χ4v) is 1.48. The molecule has 0 spiro atoms. The number of hydrogen-bond acceptors (Lipinski definition) is 4. The molecule has 1 rings (SSSR count). The highest BCUT2D eigenvalue weighted by molar-refractivity contribution is 5.93. The Bertz CT molecular complexity index is 464. The molecule has 3 N–H and O–H groups in total. The highest BCUT2D eigenvalue weighted by Crippen LogP contribution is 2.27. The molecular formula is C13H17N3O2. The highest BCUT2D eigenvalue weighted by Gasteiger charge is 2.12. The van der Waals surface area contributed by atoms with Crippen LogP contribution in [-0.2, 0) is 4.79 Å². The Morgan fingerprint density at radius 2 is 2.33 bits per heavy atom. The summed E-state index contributed by atoms with van der Waals surface area (Å²) in [5.74, 6) is 0.302. The molecule has 0 fully saturated rings. The quantitative estimate of drug-likeness (QED) is 0.827. The van der Waals surface area contributed by atoms with Crippen LogP contribution in [0.3, 0.4) is 0 Å². The Balaban J connectivity index is 2.83. The molecule has 5 heteroatoms. The van der Waals surface area contributed by atoms with Gasteiger partial charge in [-0.15, -0.1) is 0 Å². The first-order valence-corrected chi connectivity index (χ1v) is 5.71. The van der Waals surface area contributed by atoms with E-state index in [1.54, 1.807) is 18.2 Å². The zero-order valence-corrected chi connectivity index (χ0v) is 10.6. The van der Waals surface area contributed by atoms with Crippen molar-refractivity contribution in [3.63, 3.8) is 0 Å². The smallest absolute Gasteiger partial charge is 0.224 e. The maximum absolute atomic E-state index is 11.7. The van der Waals surface area contributed by atoms with Crippen LogP contribution in [0.5, 0.6) is 5.75 Å². The SMILES string of the molecule is COc1cccc(C#N)c1NC(=O)CCC(C)N. The van der Waals surface area contributed by atoms with E-state index in [-0.39, 0.29) is 11.9 Å². The highest BCUT2D eigenvalue weighted by atomic mass is 16.5. The average Bonchev–Trinajstić information content (AvgIpc) is 2.36. The van der Waals surface area contributed by atoms with Crippen molar-refractivity contribution in [1.29, 1.82) is 5.26 Å². The van der Waals surface area contributed by atoms with Crippen LogP contribution < -0.4 is 15.8 Å². The van der Waals surface area contributed by atoms with E-state index >= 15 is 0 Å². The fraction of sp³-hybridized carbons (Fsp3) is 0.385. The van der Waals surface area contributed by atoms with Gasteiger partial charge in [0.05, 0.1) is 12.7 Å². The molecule has 1 amide bonds. The van der Waals surface area contributed by atoms with Gasteiger partial charge < -0.3 is 15.8 Å². The van der Waals surface area contributed by atoms with Gasteiger partial charge >= 0.3 is 0 Å². The lowest BCUT2D eigenvalue weighted by molar-refractivity contribution is -0.116. The number of para-hydroxylation sites is 1. The number of nitrogens with two attached hydrogens (primary N) is 1. The van der Waals surface area contributed by atoms with Crippen molar-refractivity contribution in [2.45, 2.75) is 25.8 Å². The van der Waals surface area contributed by atoms with E-state index in [1.807, 2.05) is 13.0 Å². The average molecular weight is 247 g/mol. The predicted octanol–water partition coefficient (Wildman–Crippen LogP) is 1.63. The summed E-state index contributed by atoms with van der Waals surface area (Å²) >= 11 is 0. The van der Waals surface area contributed by atoms with Gasteiger partial charge in [-0.2, -0.15) is 5.26 Å². The zero-order chi connectivity index (χ0) is 13.5. The Morgan fingerprint density at radius 3 is 2.89 bits per heavy atom. The number of hydrogen-bond donors (Lipinski definition) is 2. The number of carbonyl (C=O) groups excluding carboxylic acids is 1. The summed E-state index contributed by atoms with van der Waals surface area (Å²) in [6.45, 7) is 1.84. The Kier molecular flexibility index (Phi) is 5.15. The second-order valence-electron chi connectivity index (χ2n) is 4.06. The number of anilines is 1. The van der Waals surface area contributed by atoms with Crippen LogP contribution in [-0.4, -0.2) is 19.1 Å². The number of amides is 1. The molecule has 18 heavy (non-hydrogen) atoms. The van der Waals surface area contributed by atoms with E-state index in [0.717, 1.165) is 0 Å². The summed E-state index contributed by atoms with van der Waals surface area (Å²) in [4.78, 5) is 11.7. The minimum absolute atomic E-state index is 0.0242. The summed E-state index contributed by atoms with van der Waals surface area (Å²) in [5, 5.41) is 11.7. The number of rotatable bonds is 5. The lowest BCUT2D eigenvalue weighted by atomic mass is 10.1. The minimum Gasteiger partial charge on any atom is -0.495 e. The normalized spacial score (nSPS) is 11.4. The summed E-state index contributed by atoms with van der Waals surface area (Å²) < 4.78 is 5.12. The van der Waals surface area contributed by atoms with E-state index in [0.29, 0.717) is 29.8 Å². The summed E-state index contributed by atoms with van der Waals surface area (Å²) in [7, 11) is 1.49. The van der Waals surface area contributed by atoms with Crippen LogP contribution in [0.1, 0.15) is 25.3 Å². The van der Waals surface area contributed by atoms with E-state index < -0.39 is 0 Å². The molecule has 0 bridgehead atoms. The van der Waals surface area contributed by atoms with Crippen LogP contribution in [0, 0.1) is 11.3 Å². The number of nitriles is 1. The van der Waals surface area contributed by atoms with Gasteiger partial charge in [-0.05, 0) is 25.5 Å². The topological polar surface area (TPSA) is 88.1 Å². The molecule has 5 nitrogen and oxygen atoms in total. The van der Waals surface area contributed by atoms with E-state index in [2.05, 4.69) is 5.32 Å². The molecule has 96 valence electrons. The maximum Gasteiger partial charge on any atom is 0.224 e. The molecule has 0 aliphatic rings. The monoisotopic (exact) mass is 247 g/mol.